The summed E-state index contributed by atoms with van der Waals surface area (Å²) in [7, 11) is 0.759. The molecular formula is C25H32N2O8S. The molecule has 1 aliphatic heterocycles. The number of benzene rings is 2. The molecule has 11 heteroatoms. The van der Waals surface area contributed by atoms with Crippen molar-refractivity contribution in [2.75, 3.05) is 46.3 Å². The molecule has 1 N–H and O–H groups in total. The number of sulfonamides is 1. The van der Waals surface area contributed by atoms with Gasteiger partial charge in [-0.2, -0.15) is 4.31 Å². The first-order chi connectivity index (χ1) is 17.2. The fourth-order valence-electron chi connectivity index (χ4n) is 4.00. The molecule has 1 aliphatic rings. The highest BCUT2D eigenvalue weighted by Crippen LogP contribution is 2.38. The highest BCUT2D eigenvalue weighted by atomic mass is 32.2. The monoisotopic (exact) mass is 520 g/mol. The lowest BCUT2D eigenvalue weighted by Gasteiger charge is -2.26. The highest BCUT2D eigenvalue weighted by molar-refractivity contribution is 7.89. The van der Waals surface area contributed by atoms with Crippen molar-refractivity contribution in [3.63, 3.8) is 0 Å². The molecular weight excluding hydrogens is 488 g/mol. The van der Waals surface area contributed by atoms with Crippen LogP contribution >= 0.6 is 0 Å². The second-order valence-corrected chi connectivity index (χ2v) is 10.3. The van der Waals surface area contributed by atoms with Gasteiger partial charge < -0.3 is 24.3 Å². The van der Waals surface area contributed by atoms with Gasteiger partial charge in [-0.05, 0) is 55.2 Å². The van der Waals surface area contributed by atoms with Crippen molar-refractivity contribution in [2.45, 2.75) is 37.5 Å². The Hall–Kier alpha value is -3.31. The average molecular weight is 521 g/mol. The molecule has 10 nitrogen and oxygen atoms in total. The Morgan fingerprint density at radius 2 is 1.58 bits per heavy atom. The van der Waals surface area contributed by atoms with Crippen LogP contribution in [0.5, 0.6) is 17.2 Å². The largest absolute Gasteiger partial charge is 0.493 e. The zero-order valence-electron chi connectivity index (χ0n) is 21.0. The SMILES string of the molecule is COc1cc(CC(=O)OCC(=O)Nc2ccc(C)c(S(=O)(=O)N3CCCCC3)c2)cc(OC)c1OC. The average Bonchev–Trinajstić information content (AvgIpc) is 2.88. The Kier molecular flexibility index (Phi) is 9.16. The Morgan fingerprint density at radius 3 is 2.17 bits per heavy atom. The molecule has 0 atom stereocenters. The van der Waals surface area contributed by atoms with E-state index in [4.69, 9.17) is 18.9 Å². The van der Waals surface area contributed by atoms with Crippen LogP contribution in [0.3, 0.4) is 0 Å². The maximum Gasteiger partial charge on any atom is 0.310 e. The third-order valence-corrected chi connectivity index (χ3v) is 7.88. The summed E-state index contributed by atoms with van der Waals surface area (Å²) in [6.07, 6.45) is 2.55. The number of hydrogen-bond donors (Lipinski definition) is 1. The minimum absolute atomic E-state index is 0.118. The molecule has 0 bridgehead atoms. The third kappa shape index (κ3) is 6.46. The van der Waals surface area contributed by atoms with Gasteiger partial charge in [0.15, 0.2) is 18.1 Å². The lowest BCUT2D eigenvalue weighted by Crippen LogP contribution is -2.36. The van der Waals surface area contributed by atoms with Gasteiger partial charge in [-0.25, -0.2) is 8.42 Å². The van der Waals surface area contributed by atoms with Gasteiger partial charge in [-0.1, -0.05) is 12.5 Å². The minimum atomic E-state index is -3.66. The molecule has 36 heavy (non-hydrogen) atoms. The quantitative estimate of drug-likeness (QED) is 0.475. The van der Waals surface area contributed by atoms with E-state index in [1.165, 1.54) is 31.7 Å². The Morgan fingerprint density at radius 1 is 0.944 bits per heavy atom. The van der Waals surface area contributed by atoms with Crippen molar-refractivity contribution in [1.29, 1.82) is 0 Å². The molecule has 0 radical (unpaired) electrons. The Balaban J connectivity index is 1.62. The molecule has 0 aliphatic carbocycles. The van der Waals surface area contributed by atoms with Crippen molar-refractivity contribution < 1.29 is 37.0 Å². The molecule has 1 heterocycles. The number of methoxy groups -OCH3 is 3. The molecule has 0 unspecified atom stereocenters. The van der Waals surface area contributed by atoms with Gasteiger partial charge in [-0.3, -0.25) is 9.59 Å². The number of rotatable bonds is 10. The lowest BCUT2D eigenvalue weighted by molar-refractivity contribution is -0.146. The van der Waals surface area contributed by atoms with Crippen LogP contribution in [0.15, 0.2) is 35.2 Å². The highest BCUT2D eigenvalue weighted by Gasteiger charge is 2.27. The van der Waals surface area contributed by atoms with Gasteiger partial charge in [0.2, 0.25) is 15.8 Å². The molecule has 3 rings (SSSR count). The van der Waals surface area contributed by atoms with Crippen LogP contribution in [0.4, 0.5) is 5.69 Å². The maximum absolute atomic E-state index is 13.1. The van der Waals surface area contributed by atoms with Gasteiger partial charge >= 0.3 is 5.97 Å². The van der Waals surface area contributed by atoms with Crippen molar-refractivity contribution in [3.8, 4) is 17.2 Å². The molecule has 2 aromatic carbocycles. The van der Waals surface area contributed by atoms with Gasteiger partial charge in [0, 0.05) is 18.8 Å². The van der Waals surface area contributed by atoms with E-state index in [1.807, 2.05) is 0 Å². The number of carbonyl (C=O) groups excluding carboxylic acids is 2. The standard InChI is InChI=1S/C25H32N2O8S/c1-17-8-9-19(15-22(17)36(30,31)27-10-6-5-7-11-27)26-23(28)16-35-24(29)14-18-12-20(32-2)25(34-4)21(13-18)33-3/h8-9,12-13,15H,5-7,10-11,14,16H2,1-4H3,(H,26,28). The predicted molar refractivity (Wildman–Crippen MR) is 133 cm³/mol. The molecule has 0 aromatic heterocycles. The smallest absolute Gasteiger partial charge is 0.310 e. The van der Waals surface area contributed by atoms with Crippen molar-refractivity contribution in [1.82, 2.24) is 4.31 Å². The van der Waals surface area contributed by atoms with E-state index in [-0.39, 0.29) is 11.3 Å². The number of anilines is 1. The number of amides is 1. The minimum Gasteiger partial charge on any atom is -0.493 e. The van der Waals surface area contributed by atoms with E-state index in [2.05, 4.69) is 5.32 Å². The first-order valence-electron chi connectivity index (χ1n) is 11.5. The molecule has 196 valence electrons. The zero-order valence-corrected chi connectivity index (χ0v) is 21.8. The van der Waals surface area contributed by atoms with Gasteiger partial charge in [0.1, 0.15) is 0 Å². The van der Waals surface area contributed by atoms with E-state index in [0.29, 0.717) is 47.2 Å². The number of hydrogen-bond acceptors (Lipinski definition) is 8. The first kappa shape index (κ1) is 27.3. The third-order valence-electron chi connectivity index (χ3n) is 5.84. The number of aryl methyl sites for hydroxylation is 1. The van der Waals surface area contributed by atoms with E-state index >= 15 is 0 Å². The van der Waals surface area contributed by atoms with Crippen molar-refractivity contribution >= 4 is 27.6 Å². The molecule has 1 amide bonds. The summed E-state index contributed by atoms with van der Waals surface area (Å²) in [5, 5.41) is 2.60. The topological polar surface area (TPSA) is 120 Å². The summed E-state index contributed by atoms with van der Waals surface area (Å²) in [5.74, 6) is -0.0227. The Bertz CT molecular complexity index is 1180. The molecule has 0 saturated carbocycles. The van der Waals surface area contributed by atoms with E-state index < -0.39 is 28.5 Å². The number of piperidine rings is 1. The number of esters is 1. The van der Waals surface area contributed by atoms with Gasteiger partial charge in [0.25, 0.3) is 5.91 Å². The summed E-state index contributed by atoms with van der Waals surface area (Å²) in [5.41, 5.74) is 1.46. The van der Waals surface area contributed by atoms with Crippen molar-refractivity contribution in [3.05, 3.63) is 41.5 Å². The summed E-state index contributed by atoms with van der Waals surface area (Å²) >= 11 is 0. The molecule has 2 aromatic rings. The Labute approximate surface area is 211 Å². The van der Waals surface area contributed by atoms with E-state index in [0.717, 1.165) is 19.3 Å². The predicted octanol–water partition coefficient (Wildman–Crippen LogP) is 2.92. The second-order valence-electron chi connectivity index (χ2n) is 8.36. The van der Waals surface area contributed by atoms with Gasteiger partial charge in [0.05, 0.1) is 32.6 Å². The fourth-order valence-corrected chi connectivity index (χ4v) is 5.77. The van der Waals surface area contributed by atoms with E-state index in [1.54, 1.807) is 31.2 Å². The first-order valence-corrected chi connectivity index (χ1v) is 13.0. The van der Waals surface area contributed by atoms with Crippen LogP contribution in [0.25, 0.3) is 0 Å². The number of carbonyl (C=O) groups is 2. The fraction of sp³-hybridized carbons (Fsp3) is 0.440. The summed E-state index contributed by atoms with van der Waals surface area (Å²) in [6, 6.07) is 7.94. The van der Waals surface area contributed by atoms with Crippen LogP contribution in [-0.4, -0.2) is 65.6 Å². The lowest BCUT2D eigenvalue weighted by atomic mass is 10.1. The molecule has 1 saturated heterocycles. The van der Waals surface area contributed by atoms with Crippen LogP contribution in [0.1, 0.15) is 30.4 Å². The number of ether oxygens (including phenoxy) is 4. The number of nitrogens with zero attached hydrogens (tertiary/aromatic N) is 1. The maximum atomic E-state index is 13.1. The van der Waals surface area contributed by atoms with Crippen LogP contribution < -0.4 is 19.5 Å². The second kappa shape index (κ2) is 12.1. The van der Waals surface area contributed by atoms with E-state index in [9.17, 15) is 18.0 Å². The molecule has 1 fully saturated rings. The van der Waals surface area contributed by atoms with Crippen LogP contribution in [0.2, 0.25) is 0 Å². The summed E-state index contributed by atoms with van der Waals surface area (Å²) in [6.45, 7) is 2.17. The van der Waals surface area contributed by atoms with Crippen LogP contribution in [0, 0.1) is 6.92 Å². The van der Waals surface area contributed by atoms with Gasteiger partial charge in [-0.15, -0.1) is 0 Å². The zero-order chi connectivity index (χ0) is 26.3. The summed E-state index contributed by atoms with van der Waals surface area (Å²) in [4.78, 5) is 24.9. The van der Waals surface area contributed by atoms with Crippen LogP contribution in [-0.2, 0) is 30.8 Å². The normalized spacial score (nSPS) is 14.1. The number of nitrogens with one attached hydrogen (secondary N) is 1. The molecule has 0 spiro atoms. The summed E-state index contributed by atoms with van der Waals surface area (Å²) < 4.78 is 48.6. The van der Waals surface area contributed by atoms with Crippen molar-refractivity contribution in [2.24, 2.45) is 0 Å².